The number of ether oxygens (including phenoxy) is 3. The van der Waals surface area contributed by atoms with E-state index in [0.717, 1.165) is 11.3 Å². The number of methoxy groups -OCH3 is 1. The lowest BCUT2D eigenvalue weighted by Crippen LogP contribution is -2.21. The Balaban J connectivity index is 2.23. The molecule has 1 N–H and O–H groups in total. The van der Waals surface area contributed by atoms with E-state index in [1.807, 2.05) is 0 Å². The highest BCUT2D eigenvalue weighted by molar-refractivity contribution is 7.18. The van der Waals surface area contributed by atoms with E-state index in [2.05, 4.69) is 5.32 Å². The van der Waals surface area contributed by atoms with Crippen LogP contribution in [0.15, 0.2) is 24.3 Å². The smallest absolute Gasteiger partial charge is 0.341 e. The number of hydrogen-bond donors (Lipinski definition) is 1. The van der Waals surface area contributed by atoms with Gasteiger partial charge in [-0.15, -0.1) is 11.3 Å². The molecular weight excluding hydrogens is 396 g/mol. The average Bonchev–Trinajstić information content (AvgIpc) is 3.01. The van der Waals surface area contributed by atoms with Crippen LogP contribution in [-0.4, -0.2) is 57.1 Å². The van der Waals surface area contributed by atoms with Crippen molar-refractivity contribution in [3.05, 3.63) is 40.3 Å². The van der Waals surface area contributed by atoms with Gasteiger partial charge in [0, 0.05) is 14.1 Å². The number of rotatable bonds is 8. The van der Waals surface area contributed by atoms with Gasteiger partial charge in [-0.2, -0.15) is 0 Å². The molecule has 0 atom stereocenters. The van der Waals surface area contributed by atoms with E-state index in [9.17, 15) is 14.4 Å². The van der Waals surface area contributed by atoms with Gasteiger partial charge < -0.3 is 24.4 Å². The molecule has 2 rings (SSSR count). The lowest BCUT2D eigenvalue weighted by atomic mass is 10.1. The predicted molar refractivity (Wildman–Crippen MR) is 110 cm³/mol. The molecule has 0 aliphatic heterocycles. The first-order chi connectivity index (χ1) is 13.8. The summed E-state index contributed by atoms with van der Waals surface area (Å²) < 4.78 is 15.8. The van der Waals surface area contributed by atoms with Gasteiger partial charge in [-0.1, -0.05) is 12.1 Å². The molecule has 0 aliphatic rings. The molecule has 2 aromatic rings. The van der Waals surface area contributed by atoms with Crippen LogP contribution in [0.3, 0.4) is 0 Å². The minimum atomic E-state index is -0.597. The second kappa shape index (κ2) is 9.92. The third-order valence-corrected chi connectivity index (χ3v) is 5.10. The van der Waals surface area contributed by atoms with Crippen molar-refractivity contribution in [2.24, 2.45) is 0 Å². The summed E-state index contributed by atoms with van der Waals surface area (Å²) in [4.78, 5) is 39.0. The zero-order chi connectivity index (χ0) is 21.6. The molecule has 1 heterocycles. The van der Waals surface area contributed by atoms with Crippen LogP contribution in [0.25, 0.3) is 0 Å². The maximum absolute atomic E-state index is 12.4. The van der Waals surface area contributed by atoms with E-state index < -0.39 is 11.9 Å². The van der Waals surface area contributed by atoms with Crippen molar-refractivity contribution in [2.45, 2.75) is 13.8 Å². The minimum Gasteiger partial charge on any atom is -0.493 e. The predicted octanol–water partition coefficient (Wildman–Crippen LogP) is 2.96. The number of anilines is 1. The van der Waals surface area contributed by atoms with Crippen LogP contribution in [0, 0.1) is 6.92 Å². The van der Waals surface area contributed by atoms with Crippen molar-refractivity contribution >= 4 is 34.1 Å². The molecule has 0 unspecified atom stereocenters. The number of benzene rings is 1. The van der Waals surface area contributed by atoms with Crippen LogP contribution >= 0.6 is 11.3 Å². The van der Waals surface area contributed by atoms with E-state index >= 15 is 0 Å². The molecule has 0 fully saturated rings. The Labute approximate surface area is 173 Å². The quantitative estimate of drug-likeness (QED) is 0.660. The van der Waals surface area contributed by atoms with Crippen LogP contribution < -0.4 is 14.8 Å². The van der Waals surface area contributed by atoms with E-state index in [0.29, 0.717) is 21.9 Å². The van der Waals surface area contributed by atoms with Gasteiger partial charge in [-0.3, -0.25) is 9.59 Å². The lowest BCUT2D eigenvalue weighted by Gasteiger charge is -2.10. The van der Waals surface area contributed by atoms with Gasteiger partial charge in [0.1, 0.15) is 5.00 Å². The van der Waals surface area contributed by atoms with E-state index in [1.54, 1.807) is 52.2 Å². The number of nitrogens with one attached hydrogen (secondary N) is 1. The Morgan fingerprint density at radius 2 is 1.79 bits per heavy atom. The summed E-state index contributed by atoms with van der Waals surface area (Å²) >= 11 is 1.03. The van der Waals surface area contributed by atoms with Gasteiger partial charge in [0.2, 0.25) is 0 Å². The number of esters is 1. The highest BCUT2D eigenvalue weighted by Crippen LogP contribution is 2.34. The topological polar surface area (TPSA) is 94.2 Å². The molecule has 0 aliphatic carbocycles. The molecule has 1 aromatic carbocycles. The van der Waals surface area contributed by atoms with Gasteiger partial charge in [-0.05, 0) is 31.5 Å². The Morgan fingerprint density at radius 3 is 2.38 bits per heavy atom. The van der Waals surface area contributed by atoms with Crippen molar-refractivity contribution in [2.75, 3.05) is 39.7 Å². The first-order valence-electron chi connectivity index (χ1n) is 8.87. The molecule has 156 valence electrons. The zero-order valence-corrected chi connectivity index (χ0v) is 17.8. The standard InChI is InChI=1S/C20H24N2O6S/c1-6-27-20(25)16-12(2)17(19(24)22(3)4)29-18(16)21-15(23)11-28-14-10-8-7-9-13(14)26-5/h7-10H,6,11H2,1-5H3,(H,21,23). The fourth-order valence-electron chi connectivity index (χ4n) is 2.50. The van der Waals surface area contributed by atoms with Gasteiger partial charge >= 0.3 is 5.97 Å². The molecule has 9 heteroatoms. The Kier molecular flexibility index (Phi) is 7.60. The molecule has 2 amide bonds. The number of nitrogens with zero attached hydrogens (tertiary/aromatic N) is 1. The second-order valence-corrected chi connectivity index (χ2v) is 7.19. The van der Waals surface area contributed by atoms with Crippen LogP contribution in [0.2, 0.25) is 0 Å². The Hall–Kier alpha value is -3.07. The SMILES string of the molecule is CCOC(=O)c1c(NC(=O)COc2ccccc2OC)sc(C(=O)N(C)C)c1C. The monoisotopic (exact) mass is 420 g/mol. The van der Waals surface area contributed by atoms with Gasteiger partial charge in [0.25, 0.3) is 11.8 Å². The fourth-order valence-corrected chi connectivity index (χ4v) is 3.73. The number of carbonyl (C=O) groups excluding carboxylic acids is 3. The lowest BCUT2D eigenvalue weighted by molar-refractivity contribution is -0.118. The Morgan fingerprint density at radius 1 is 1.14 bits per heavy atom. The molecule has 0 bridgehead atoms. The summed E-state index contributed by atoms with van der Waals surface area (Å²) in [6.07, 6.45) is 0. The molecule has 0 saturated heterocycles. The van der Waals surface area contributed by atoms with Crippen LogP contribution in [0.1, 0.15) is 32.5 Å². The normalized spacial score (nSPS) is 10.2. The third kappa shape index (κ3) is 5.26. The van der Waals surface area contributed by atoms with Crippen molar-refractivity contribution in [1.29, 1.82) is 0 Å². The van der Waals surface area contributed by atoms with Gasteiger partial charge in [-0.25, -0.2) is 4.79 Å². The zero-order valence-electron chi connectivity index (χ0n) is 17.0. The number of amides is 2. The van der Waals surface area contributed by atoms with Gasteiger partial charge in [0.15, 0.2) is 18.1 Å². The summed E-state index contributed by atoms with van der Waals surface area (Å²) in [7, 11) is 4.74. The van der Waals surface area contributed by atoms with Crippen LogP contribution in [0.4, 0.5) is 5.00 Å². The Bertz CT molecular complexity index is 906. The summed E-state index contributed by atoms with van der Waals surface area (Å²) in [5, 5.41) is 2.90. The van der Waals surface area contributed by atoms with E-state index in [-0.39, 0.29) is 29.7 Å². The van der Waals surface area contributed by atoms with E-state index in [1.165, 1.54) is 12.0 Å². The summed E-state index contributed by atoms with van der Waals surface area (Å²) in [5.41, 5.74) is 0.640. The van der Waals surface area contributed by atoms with E-state index in [4.69, 9.17) is 14.2 Å². The molecule has 0 radical (unpaired) electrons. The second-order valence-electron chi connectivity index (χ2n) is 6.17. The number of thiophene rings is 1. The summed E-state index contributed by atoms with van der Waals surface area (Å²) in [6, 6.07) is 6.94. The van der Waals surface area contributed by atoms with Crippen molar-refractivity contribution in [3.8, 4) is 11.5 Å². The van der Waals surface area contributed by atoms with Crippen LogP contribution in [0.5, 0.6) is 11.5 Å². The molecule has 0 saturated carbocycles. The first kappa shape index (κ1) is 22.2. The molecule has 29 heavy (non-hydrogen) atoms. The molecule has 8 nitrogen and oxygen atoms in total. The molecule has 1 aromatic heterocycles. The largest absolute Gasteiger partial charge is 0.493 e. The maximum atomic E-state index is 12.4. The van der Waals surface area contributed by atoms with Gasteiger partial charge in [0.05, 0.1) is 24.2 Å². The van der Waals surface area contributed by atoms with Crippen LogP contribution in [-0.2, 0) is 9.53 Å². The first-order valence-corrected chi connectivity index (χ1v) is 9.69. The minimum absolute atomic E-state index is 0.174. The summed E-state index contributed by atoms with van der Waals surface area (Å²) in [6.45, 7) is 3.22. The number of hydrogen-bond acceptors (Lipinski definition) is 7. The number of carbonyl (C=O) groups is 3. The highest BCUT2D eigenvalue weighted by atomic mass is 32.1. The van der Waals surface area contributed by atoms with Crippen molar-refractivity contribution in [1.82, 2.24) is 4.90 Å². The highest BCUT2D eigenvalue weighted by Gasteiger charge is 2.27. The van der Waals surface area contributed by atoms with Crippen molar-refractivity contribution < 1.29 is 28.6 Å². The molecular formula is C20H24N2O6S. The van der Waals surface area contributed by atoms with Crippen molar-refractivity contribution in [3.63, 3.8) is 0 Å². The number of para-hydroxylation sites is 2. The molecule has 0 spiro atoms. The third-order valence-electron chi connectivity index (χ3n) is 3.91. The fraction of sp³-hybridized carbons (Fsp3) is 0.350. The summed E-state index contributed by atoms with van der Waals surface area (Å²) in [5.74, 6) is -0.421. The average molecular weight is 420 g/mol. The maximum Gasteiger partial charge on any atom is 0.341 e.